The van der Waals surface area contributed by atoms with Crippen LogP contribution in [0.2, 0.25) is 0 Å². The van der Waals surface area contributed by atoms with Gasteiger partial charge in [0.05, 0.1) is 6.33 Å². The molecule has 3 rings (SSSR count). The number of aliphatic hydroxyl groups is 1. The topological polar surface area (TPSA) is 119 Å². The third-order valence-corrected chi connectivity index (χ3v) is 3.22. The summed E-state index contributed by atoms with van der Waals surface area (Å²) in [6.07, 6.45) is -0.183. The smallest absolute Gasteiger partial charge is 0.280 e. The number of anilines is 1. The lowest BCUT2D eigenvalue weighted by Gasteiger charge is -2.22. The average Bonchev–Trinajstić information content (AvgIpc) is 2.94. The molecule has 0 aromatic carbocycles. The molecule has 21 heavy (non-hydrogen) atoms. The predicted molar refractivity (Wildman–Crippen MR) is 66.3 cm³/mol. The van der Waals surface area contributed by atoms with E-state index in [-0.39, 0.29) is 17.1 Å². The summed E-state index contributed by atoms with van der Waals surface area (Å²) in [5, 5.41) is 9.50. The Morgan fingerprint density at radius 3 is 3.05 bits per heavy atom. The predicted octanol–water partition coefficient (Wildman–Crippen LogP) is -0.771. The van der Waals surface area contributed by atoms with Crippen LogP contribution in [0.5, 0.6) is 0 Å². The van der Waals surface area contributed by atoms with Gasteiger partial charge in [-0.3, -0.25) is 14.3 Å². The van der Waals surface area contributed by atoms with Crippen molar-refractivity contribution in [1.82, 2.24) is 19.5 Å². The van der Waals surface area contributed by atoms with Crippen LogP contribution in [0.15, 0.2) is 11.1 Å². The molecule has 1 aliphatic heterocycles. The number of aromatic amines is 1. The minimum absolute atomic E-state index is 0.139. The molecule has 10 heteroatoms. The zero-order valence-electron chi connectivity index (χ0n) is 10.3. The van der Waals surface area contributed by atoms with Crippen molar-refractivity contribution < 1.29 is 18.6 Å². The van der Waals surface area contributed by atoms with Crippen LogP contribution < -0.4 is 11.3 Å². The molecular formula is C11H9F2N5O3. The minimum atomic E-state index is -2.84. The number of fused-ring (bicyclic) bond motifs is 1. The van der Waals surface area contributed by atoms with Crippen LogP contribution in [0.4, 0.5) is 14.7 Å². The third kappa shape index (κ3) is 1.71. The lowest BCUT2D eigenvalue weighted by atomic mass is 10.0. The maximum Gasteiger partial charge on any atom is 0.280 e. The van der Waals surface area contributed by atoms with Crippen molar-refractivity contribution in [1.29, 1.82) is 0 Å². The zero-order valence-corrected chi connectivity index (χ0v) is 10.3. The lowest BCUT2D eigenvalue weighted by Crippen LogP contribution is -2.40. The van der Waals surface area contributed by atoms with Gasteiger partial charge in [-0.15, -0.1) is 6.42 Å². The number of halogens is 2. The molecule has 2 aromatic heterocycles. The van der Waals surface area contributed by atoms with Crippen molar-refractivity contribution in [3.05, 3.63) is 16.7 Å². The van der Waals surface area contributed by atoms with Crippen molar-refractivity contribution in [2.24, 2.45) is 0 Å². The third-order valence-electron chi connectivity index (χ3n) is 3.22. The summed E-state index contributed by atoms with van der Waals surface area (Å²) in [6, 6.07) is 0. The number of terminal acetylenes is 1. The van der Waals surface area contributed by atoms with Gasteiger partial charge in [0.1, 0.15) is 0 Å². The van der Waals surface area contributed by atoms with Crippen molar-refractivity contribution in [3.8, 4) is 12.3 Å². The van der Waals surface area contributed by atoms with Gasteiger partial charge < -0.3 is 15.6 Å². The molecule has 0 saturated carbocycles. The van der Waals surface area contributed by atoms with Gasteiger partial charge in [0.2, 0.25) is 18.0 Å². The number of alkyl halides is 2. The summed E-state index contributed by atoms with van der Waals surface area (Å²) in [7, 11) is 0. The van der Waals surface area contributed by atoms with Crippen LogP contribution >= 0.6 is 0 Å². The molecule has 1 aliphatic rings. The minimum Gasteiger partial charge on any atom is -0.383 e. The normalized spacial score (nSPS) is 32.4. The Morgan fingerprint density at radius 2 is 2.38 bits per heavy atom. The van der Waals surface area contributed by atoms with Crippen LogP contribution in [0.3, 0.4) is 0 Å². The Kier molecular flexibility index (Phi) is 2.72. The number of nitrogen functional groups attached to an aromatic ring is 1. The van der Waals surface area contributed by atoms with E-state index in [2.05, 4.69) is 15.0 Å². The molecule has 8 nitrogen and oxygen atoms in total. The highest BCUT2D eigenvalue weighted by Gasteiger charge is 2.58. The first-order valence-corrected chi connectivity index (χ1v) is 5.75. The summed E-state index contributed by atoms with van der Waals surface area (Å²) in [5.74, 6) is 1.44. The van der Waals surface area contributed by atoms with Crippen LogP contribution in [0.1, 0.15) is 6.23 Å². The number of ether oxygens (including phenoxy) is 1. The van der Waals surface area contributed by atoms with E-state index in [0.717, 1.165) is 10.9 Å². The molecule has 0 spiro atoms. The number of hydrogen-bond acceptors (Lipinski definition) is 6. The molecule has 4 atom stereocenters. The van der Waals surface area contributed by atoms with E-state index in [1.807, 2.05) is 0 Å². The van der Waals surface area contributed by atoms with Crippen LogP contribution in [0.25, 0.3) is 11.2 Å². The van der Waals surface area contributed by atoms with Gasteiger partial charge in [-0.25, -0.2) is 13.8 Å². The fraction of sp³-hybridized carbons (Fsp3) is 0.364. The highest BCUT2D eigenvalue weighted by molar-refractivity contribution is 5.70. The van der Waals surface area contributed by atoms with Crippen molar-refractivity contribution in [2.75, 3.05) is 5.73 Å². The van der Waals surface area contributed by atoms with Gasteiger partial charge in [-0.05, 0) is 0 Å². The Hall–Kier alpha value is -2.51. The van der Waals surface area contributed by atoms with Gasteiger partial charge in [0.15, 0.2) is 23.5 Å². The second-order valence-corrected chi connectivity index (χ2v) is 4.47. The van der Waals surface area contributed by atoms with Crippen molar-refractivity contribution in [2.45, 2.75) is 24.4 Å². The van der Waals surface area contributed by atoms with E-state index in [4.69, 9.17) is 16.9 Å². The zero-order chi connectivity index (χ0) is 15.4. The molecule has 4 N–H and O–H groups in total. The van der Waals surface area contributed by atoms with Crippen LogP contribution in [0, 0.1) is 12.3 Å². The quantitative estimate of drug-likeness (QED) is 0.595. The molecule has 3 heterocycles. The Bertz CT molecular complexity index is 812. The first-order chi connectivity index (χ1) is 9.88. The number of nitrogens with two attached hydrogens (primary N) is 1. The van der Waals surface area contributed by atoms with E-state index in [0.29, 0.717) is 0 Å². The SMILES string of the molecule is C#C[C@@]1(F)[C@H](O)[C@H](F)O[C@H]1n1cnc2c(=O)[nH]c(N)nc21. The fourth-order valence-corrected chi connectivity index (χ4v) is 2.17. The van der Waals surface area contributed by atoms with E-state index < -0.39 is 29.9 Å². The first-order valence-electron chi connectivity index (χ1n) is 5.75. The van der Waals surface area contributed by atoms with E-state index in [1.165, 1.54) is 0 Å². The maximum absolute atomic E-state index is 14.6. The van der Waals surface area contributed by atoms with Crippen LogP contribution in [-0.2, 0) is 4.74 Å². The Labute approximate surface area is 115 Å². The summed E-state index contributed by atoms with van der Waals surface area (Å²) < 4.78 is 33.7. The summed E-state index contributed by atoms with van der Waals surface area (Å²) in [6.45, 7) is 0. The molecule has 2 aromatic rings. The molecule has 110 valence electrons. The molecule has 0 amide bonds. The number of rotatable bonds is 1. The van der Waals surface area contributed by atoms with Gasteiger partial charge in [0, 0.05) is 0 Å². The monoisotopic (exact) mass is 297 g/mol. The summed E-state index contributed by atoms with van der Waals surface area (Å²) in [4.78, 5) is 21.4. The number of aromatic nitrogens is 4. The maximum atomic E-state index is 14.6. The van der Waals surface area contributed by atoms with E-state index >= 15 is 0 Å². The van der Waals surface area contributed by atoms with E-state index in [9.17, 15) is 18.7 Å². The molecule has 0 aliphatic carbocycles. The molecule has 0 unspecified atom stereocenters. The number of imidazole rings is 1. The lowest BCUT2D eigenvalue weighted by molar-refractivity contribution is -0.0922. The largest absolute Gasteiger partial charge is 0.383 e. The van der Waals surface area contributed by atoms with Crippen molar-refractivity contribution in [3.63, 3.8) is 0 Å². The number of hydrogen-bond donors (Lipinski definition) is 3. The van der Waals surface area contributed by atoms with Gasteiger partial charge in [-0.2, -0.15) is 4.98 Å². The first kappa shape index (κ1) is 13.5. The van der Waals surface area contributed by atoms with Gasteiger partial charge >= 0.3 is 0 Å². The molecule has 1 fully saturated rings. The van der Waals surface area contributed by atoms with Crippen molar-refractivity contribution >= 4 is 17.1 Å². The summed E-state index contributed by atoms with van der Waals surface area (Å²) >= 11 is 0. The molecule has 0 bridgehead atoms. The van der Waals surface area contributed by atoms with Crippen LogP contribution in [-0.4, -0.2) is 42.8 Å². The second-order valence-electron chi connectivity index (χ2n) is 4.47. The second kappa shape index (κ2) is 4.24. The Balaban J connectivity index is 2.22. The standard InChI is InChI=1S/C11H9F2N5O3/c1-2-11(13)5(19)6(12)21-9(11)18-3-15-4-7(18)16-10(14)17-8(4)20/h1,3,5-6,9,19H,(H3,14,16,17,20)/t5-,6-,9-,11-/m1/s1. The summed E-state index contributed by atoms with van der Waals surface area (Å²) in [5.41, 5.74) is 1.61. The molecule has 1 saturated heterocycles. The fourth-order valence-electron chi connectivity index (χ4n) is 2.17. The average molecular weight is 297 g/mol. The highest BCUT2D eigenvalue weighted by Crippen LogP contribution is 2.42. The number of nitrogens with zero attached hydrogens (tertiary/aromatic N) is 3. The molecule has 0 radical (unpaired) electrons. The van der Waals surface area contributed by atoms with Gasteiger partial charge in [-0.1, -0.05) is 5.92 Å². The number of nitrogens with one attached hydrogen (secondary N) is 1. The van der Waals surface area contributed by atoms with Gasteiger partial charge in [0.25, 0.3) is 5.56 Å². The highest BCUT2D eigenvalue weighted by atomic mass is 19.2. The number of aliphatic hydroxyl groups excluding tert-OH is 1. The number of H-pyrrole nitrogens is 1. The Morgan fingerprint density at radius 1 is 1.67 bits per heavy atom. The molecular weight excluding hydrogens is 288 g/mol. The van der Waals surface area contributed by atoms with E-state index in [1.54, 1.807) is 5.92 Å².